The predicted molar refractivity (Wildman–Crippen MR) is 66.4 cm³/mol. The Hall–Kier alpha value is -0.120. The first kappa shape index (κ1) is 12.3. The van der Waals surface area contributed by atoms with Crippen LogP contribution < -0.4 is 5.73 Å². The Labute approximate surface area is 99.3 Å². The topological polar surface area (TPSA) is 38.5 Å². The first-order valence-electron chi connectivity index (χ1n) is 6.71. The summed E-state index contributed by atoms with van der Waals surface area (Å²) in [5.41, 5.74) is 6.22. The van der Waals surface area contributed by atoms with E-state index in [-0.39, 0.29) is 5.54 Å². The van der Waals surface area contributed by atoms with Gasteiger partial charge in [-0.1, -0.05) is 6.92 Å². The molecule has 0 aromatic rings. The van der Waals surface area contributed by atoms with Gasteiger partial charge in [-0.3, -0.25) is 4.90 Å². The molecule has 2 N–H and O–H groups in total. The van der Waals surface area contributed by atoms with Crippen LogP contribution >= 0.6 is 0 Å². The fourth-order valence-corrected chi connectivity index (χ4v) is 2.93. The molecule has 0 aliphatic heterocycles. The van der Waals surface area contributed by atoms with Gasteiger partial charge in [0.2, 0.25) is 0 Å². The van der Waals surface area contributed by atoms with Crippen molar-refractivity contribution in [2.24, 2.45) is 17.6 Å². The molecule has 2 rings (SSSR count). The van der Waals surface area contributed by atoms with Gasteiger partial charge in [-0.25, -0.2) is 0 Å². The van der Waals surface area contributed by atoms with Crippen molar-refractivity contribution < 1.29 is 4.74 Å². The molecule has 0 heterocycles. The highest BCUT2D eigenvalue weighted by Crippen LogP contribution is 2.44. The van der Waals surface area contributed by atoms with Gasteiger partial charge in [-0.2, -0.15) is 0 Å². The maximum atomic E-state index is 6.09. The van der Waals surface area contributed by atoms with E-state index in [9.17, 15) is 0 Å². The molecule has 0 saturated heterocycles. The molecule has 0 amide bonds. The third-order valence-electron chi connectivity index (χ3n) is 4.27. The van der Waals surface area contributed by atoms with Gasteiger partial charge in [0.15, 0.2) is 0 Å². The number of methoxy groups -OCH3 is 1. The largest absolute Gasteiger partial charge is 0.383 e. The van der Waals surface area contributed by atoms with Crippen LogP contribution in [0.5, 0.6) is 0 Å². The smallest absolute Gasteiger partial charge is 0.0661 e. The van der Waals surface area contributed by atoms with Gasteiger partial charge in [0.1, 0.15) is 0 Å². The zero-order chi connectivity index (χ0) is 11.6. The second-order valence-electron chi connectivity index (χ2n) is 5.50. The Morgan fingerprint density at radius 3 is 2.38 bits per heavy atom. The molecule has 1 unspecified atom stereocenters. The van der Waals surface area contributed by atoms with Crippen molar-refractivity contribution in [3.63, 3.8) is 0 Å². The normalized spacial score (nSPS) is 24.8. The summed E-state index contributed by atoms with van der Waals surface area (Å²) in [6.45, 7) is 6.13. The van der Waals surface area contributed by atoms with E-state index < -0.39 is 0 Å². The maximum Gasteiger partial charge on any atom is 0.0661 e. The molecule has 0 bridgehead atoms. The van der Waals surface area contributed by atoms with E-state index in [0.717, 1.165) is 31.5 Å². The minimum absolute atomic E-state index is 0.131. The summed E-state index contributed by atoms with van der Waals surface area (Å²) in [5.74, 6) is 1.71. The van der Waals surface area contributed by atoms with Gasteiger partial charge in [0.25, 0.3) is 0 Å². The molecule has 1 atom stereocenters. The molecular formula is C13H26N2O. The van der Waals surface area contributed by atoms with Gasteiger partial charge in [0.05, 0.1) is 12.1 Å². The van der Waals surface area contributed by atoms with Gasteiger partial charge >= 0.3 is 0 Å². The first-order valence-corrected chi connectivity index (χ1v) is 6.71. The molecule has 2 aliphatic rings. The van der Waals surface area contributed by atoms with Crippen LogP contribution in [-0.4, -0.2) is 43.8 Å². The average Bonchev–Trinajstić information content (AvgIpc) is 3.16. The molecule has 0 aromatic heterocycles. The van der Waals surface area contributed by atoms with Crippen molar-refractivity contribution in [1.29, 1.82) is 0 Å². The van der Waals surface area contributed by atoms with Crippen molar-refractivity contribution in [3.8, 4) is 0 Å². The first-order chi connectivity index (χ1) is 7.76. The summed E-state index contributed by atoms with van der Waals surface area (Å²) in [6.07, 6.45) is 5.49. The molecule has 94 valence electrons. The third kappa shape index (κ3) is 2.41. The molecule has 16 heavy (non-hydrogen) atoms. The fraction of sp³-hybridized carbons (Fsp3) is 1.00. The van der Waals surface area contributed by atoms with E-state index in [1.165, 1.54) is 32.2 Å². The van der Waals surface area contributed by atoms with Gasteiger partial charge < -0.3 is 10.5 Å². The SMILES string of the molecule is CCN(CC1CC1)C(CN)(COC)C1CC1. The molecule has 2 aliphatic carbocycles. The van der Waals surface area contributed by atoms with Crippen LogP contribution in [0.15, 0.2) is 0 Å². The van der Waals surface area contributed by atoms with Gasteiger partial charge in [0, 0.05) is 20.2 Å². The lowest BCUT2D eigenvalue weighted by Crippen LogP contribution is -2.59. The number of rotatable bonds is 8. The standard InChI is InChI=1S/C13H26N2O/c1-3-15(8-11-4-5-11)13(9-14,10-16-2)12-6-7-12/h11-12H,3-10,14H2,1-2H3. The summed E-state index contributed by atoms with van der Waals surface area (Å²) < 4.78 is 5.46. The fourth-order valence-electron chi connectivity index (χ4n) is 2.93. The molecule has 3 nitrogen and oxygen atoms in total. The van der Waals surface area contributed by atoms with E-state index >= 15 is 0 Å². The summed E-state index contributed by atoms with van der Waals surface area (Å²) in [4.78, 5) is 2.60. The summed E-state index contributed by atoms with van der Waals surface area (Å²) >= 11 is 0. The molecule has 0 aromatic carbocycles. The number of nitrogens with two attached hydrogens (primary N) is 1. The number of hydrogen-bond donors (Lipinski definition) is 1. The number of nitrogens with zero attached hydrogens (tertiary/aromatic N) is 1. The average molecular weight is 226 g/mol. The van der Waals surface area contributed by atoms with Crippen LogP contribution in [0.3, 0.4) is 0 Å². The van der Waals surface area contributed by atoms with Crippen molar-refractivity contribution >= 4 is 0 Å². The van der Waals surface area contributed by atoms with Gasteiger partial charge in [-0.05, 0) is 44.1 Å². The third-order valence-corrected chi connectivity index (χ3v) is 4.27. The van der Waals surface area contributed by atoms with Crippen LogP contribution in [0.1, 0.15) is 32.6 Å². The maximum absolute atomic E-state index is 6.09. The van der Waals surface area contributed by atoms with E-state index in [4.69, 9.17) is 10.5 Å². The molecule has 0 radical (unpaired) electrons. The molecule has 2 fully saturated rings. The Balaban J connectivity index is 2.05. The predicted octanol–water partition coefficient (Wildman–Crippen LogP) is 1.47. The zero-order valence-corrected chi connectivity index (χ0v) is 10.7. The van der Waals surface area contributed by atoms with Gasteiger partial charge in [-0.15, -0.1) is 0 Å². The highest BCUT2D eigenvalue weighted by molar-refractivity contribution is 5.04. The molecular weight excluding hydrogens is 200 g/mol. The molecule has 3 heteroatoms. The molecule has 2 saturated carbocycles. The highest BCUT2D eigenvalue weighted by Gasteiger charge is 2.48. The van der Waals surface area contributed by atoms with Crippen molar-refractivity contribution in [2.75, 3.05) is 33.4 Å². The van der Waals surface area contributed by atoms with E-state index in [2.05, 4.69) is 11.8 Å². The van der Waals surface area contributed by atoms with E-state index in [1.807, 2.05) is 0 Å². The Bertz CT molecular complexity index is 226. The van der Waals surface area contributed by atoms with Crippen molar-refractivity contribution in [3.05, 3.63) is 0 Å². The van der Waals surface area contributed by atoms with Crippen LogP contribution in [0.4, 0.5) is 0 Å². The van der Waals surface area contributed by atoms with Crippen LogP contribution in [0.25, 0.3) is 0 Å². The summed E-state index contributed by atoms with van der Waals surface area (Å²) in [7, 11) is 1.80. The number of hydrogen-bond acceptors (Lipinski definition) is 3. The number of ether oxygens (including phenoxy) is 1. The van der Waals surface area contributed by atoms with Crippen molar-refractivity contribution in [2.45, 2.75) is 38.1 Å². The summed E-state index contributed by atoms with van der Waals surface area (Å²) in [5, 5.41) is 0. The van der Waals surface area contributed by atoms with E-state index in [0.29, 0.717) is 0 Å². The monoisotopic (exact) mass is 226 g/mol. The lowest BCUT2D eigenvalue weighted by molar-refractivity contribution is -0.000621. The minimum atomic E-state index is 0.131. The second kappa shape index (κ2) is 5.03. The lowest BCUT2D eigenvalue weighted by atomic mass is 9.91. The van der Waals surface area contributed by atoms with E-state index in [1.54, 1.807) is 7.11 Å². The Morgan fingerprint density at radius 1 is 1.31 bits per heavy atom. The summed E-state index contributed by atoms with van der Waals surface area (Å²) in [6, 6.07) is 0. The zero-order valence-electron chi connectivity index (χ0n) is 10.7. The van der Waals surface area contributed by atoms with Crippen LogP contribution in [-0.2, 0) is 4.74 Å². The highest BCUT2D eigenvalue weighted by atomic mass is 16.5. The Kier molecular flexibility index (Phi) is 3.88. The molecule has 0 spiro atoms. The minimum Gasteiger partial charge on any atom is -0.383 e. The quantitative estimate of drug-likeness (QED) is 0.681. The lowest BCUT2D eigenvalue weighted by Gasteiger charge is -2.43. The number of likely N-dealkylation sites (N-methyl/N-ethyl adjacent to an activating group) is 1. The second-order valence-corrected chi connectivity index (χ2v) is 5.50. The Morgan fingerprint density at radius 2 is 2.00 bits per heavy atom. The van der Waals surface area contributed by atoms with Crippen molar-refractivity contribution in [1.82, 2.24) is 4.90 Å². The van der Waals surface area contributed by atoms with Crippen LogP contribution in [0.2, 0.25) is 0 Å². The van der Waals surface area contributed by atoms with Crippen LogP contribution in [0, 0.1) is 11.8 Å².